The molecule has 0 aromatic carbocycles. The second-order valence-corrected chi connectivity index (χ2v) is 5.41. The van der Waals surface area contributed by atoms with E-state index in [0.717, 1.165) is 12.8 Å². The van der Waals surface area contributed by atoms with Crippen molar-refractivity contribution in [2.45, 2.75) is 50.3 Å². The zero-order chi connectivity index (χ0) is 13.8. The van der Waals surface area contributed by atoms with Crippen LogP contribution in [0.2, 0.25) is 0 Å². The molecule has 4 unspecified atom stereocenters. The minimum atomic E-state index is -1.06. The molecule has 2 fully saturated rings. The van der Waals surface area contributed by atoms with Crippen molar-refractivity contribution in [1.29, 1.82) is 0 Å². The summed E-state index contributed by atoms with van der Waals surface area (Å²) in [7, 11) is 1.33. The van der Waals surface area contributed by atoms with E-state index in [0.29, 0.717) is 12.0 Å². The van der Waals surface area contributed by atoms with Gasteiger partial charge in [0.1, 0.15) is 0 Å². The molecule has 0 spiro atoms. The molecule has 19 heavy (non-hydrogen) atoms. The van der Waals surface area contributed by atoms with Gasteiger partial charge in [-0.2, -0.15) is 0 Å². The first-order valence-corrected chi connectivity index (χ1v) is 6.91. The maximum absolute atomic E-state index is 12.0. The van der Waals surface area contributed by atoms with Crippen LogP contribution in [0.1, 0.15) is 32.1 Å². The SMILES string of the molecule is COC(CNC(=O)C1CC2CCCCC2N1)C(=O)O. The van der Waals surface area contributed by atoms with E-state index in [9.17, 15) is 9.59 Å². The molecule has 3 N–H and O–H groups in total. The number of carbonyl (C=O) groups is 2. The third-order valence-corrected chi connectivity index (χ3v) is 4.20. The highest BCUT2D eigenvalue weighted by Gasteiger charge is 2.38. The van der Waals surface area contributed by atoms with Gasteiger partial charge in [-0.1, -0.05) is 12.8 Å². The fourth-order valence-electron chi connectivity index (χ4n) is 3.11. The summed E-state index contributed by atoms with van der Waals surface area (Å²) in [6.07, 6.45) is 4.70. The Hall–Kier alpha value is -1.14. The maximum Gasteiger partial charge on any atom is 0.334 e. The number of rotatable bonds is 5. The molecule has 1 saturated heterocycles. The average molecular weight is 270 g/mol. The second kappa shape index (κ2) is 6.34. The lowest BCUT2D eigenvalue weighted by molar-refractivity contribution is -0.148. The Bertz CT molecular complexity index is 334. The first-order valence-electron chi connectivity index (χ1n) is 6.91. The van der Waals surface area contributed by atoms with Crippen LogP contribution < -0.4 is 10.6 Å². The predicted molar refractivity (Wildman–Crippen MR) is 68.7 cm³/mol. The van der Waals surface area contributed by atoms with Crippen molar-refractivity contribution in [2.75, 3.05) is 13.7 Å². The highest BCUT2D eigenvalue weighted by Crippen LogP contribution is 2.33. The largest absolute Gasteiger partial charge is 0.479 e. The minimum absolute atomic E-state index is 0.0121. The number of methoxy groups -OCH3 is 1. The van der Waals surface area contributed by atoms with Crippen molar-refractivity contribution >= 4 is 11.9 Å². The summed E-state index contributed by atoms with van der Waals surface area (Å²) in [6, 6.07) is 0.279. The van der Waals surface area contributed by atoms with E-state index in [4.69, 9.17) is 9.84 Å². The van der Waals surface area contributed by atoms with Crippen molar-refractivity contribution in [3.8, 4) is 0 Å². The summed E-state index contributed by atoms with van der Waals surface area (Å²) in [6.45, 7) is 0.0121. The van der Waals surface area contributed by atoms with Crippen LogP contribution in [0, 0.1) is 5.92 Å². The van der Waals surface area contributed by atoms with Crippen LogP contribution >= 0.6 is 0 Å². The van der Waals surface area contributed by atoms with Gasteiger partial charge < -0.3 is 20.5 Å². The molecule has 0 aromatic heterocycles. The first kappa shape index (κ1) is 14.3. The lowest BCUT2D eigenvalue weighted by atomic mass is 9.85. The number of carboxylic acid groups (broad SMARTS) is 1. The monoisotopic (exact) mass is 270 g/mol. The zero-order valence-corrected chi connectivity index (χ0v) is 11.2. The summed E-state index contributed by atoms with van der Waals surface area (Å²) in [4.78, 5) is 22.8. The van der Waals surface area contributed by atoms with Crippen molar-refractivity contribution in [3.63, 3.8) is 0 Å². The van der Waals surface area contributed by atoms with E-state index in [1.807, 2.05) is 0 Å². The lowest BCUT2D eigenvalue weighted by Crippen LogP contribution is -2.46. The summed E-state index contributed by atoms with van der Waals surface area (Å²) in [5, 5.41) is 14.9. The van der Waals surface area contributed by atoms with Crippen LogP contribution in [0.15, 0.2) is 0 Å². The Labute approximate surface area is 112 Å². The van der Waals surface area contributed by atoms with Crippen LogP contribution in [0.3, 0.4) is 0 Å². The molecule has 1 amide bonds. The van der Waals surface area contributed by atoms with Crippen LogP contribution in [-0.4, -0.2) is 48.8 Å². The molecule has 1 saturated carbocycles. The number of aliphatic carboxylic acids is 1. The Morgan fingerprint density at radius 2 is 2.16 bits per heavy atom. The molecule has 6 nitrogen and oxygen atoms in total. The van der Waals surface area contributed by atoms with Crippen LogP contribution in [-0.2, 0) is 14.3 Å². The van der Waals surface area contributed by atoms with Gasteiger partial charge in [0.25, 0.3) is 0 Å². The summed E-state index contributed by atoms with van der Waals surface area (Å²) >= 11 is 0. The van der Waals surface area contributed by atoms with E-state index >= 15 is 0 Å². The van der Waals surface area contributed by atoms with E-state index in [1.165, 1.54) is 26.4 Å². The topological polar surface area (TPSA) is 87.7 Å². The molecule has 1 aliphatic heterocycles. The first-order chi connectivity index (χ1) is 9.11. The fraction of sp³-hybridized carbons (Fsp3) is 0.846. The molecular formula is C13H22N2O4. The molecule has 108 valence electrons. The Morgan fingerprint density at radius 1 is 1.42 bits per heavy atom. The molecule has 0 aromatic rings. The Balaban J connectivity index is 1.79. The highest BCUT2D eigenvalue weighted by atomic mass is 16.5. The van der Waals surface area contributed by atoms with Crippen LogP contribution in [0.5, 0.6) is 0 Å². The molecule has 2 aliphatic rings. The van der Waals surface area contributed by atoms with Crippen molar-refractivity contribution in [1.82, 2.24) is 10.6 Å². The number of nitrogens with one attached hydrogen (secondary N) is 2. The standard InChI is InChI=1S/C13H22N2O4/c1-19-11(13(17)18)7-14-12(16)10-6-8-4-2-3-5-9(8)15-10/h8-11,15H,2-7H2,1H3,(H,14,16)(H,17,18). The number of hydrogen-bond acceptors (Lipinski definition) is 4. The fourth-order valence-corrected chi connectivity index (χ4v) is 3.11. The molecule has 2 rings (SSSR count). The van der Waals surface area contributed by atoms with E-state index < -0.39 is 12.1 Å². The molecule has 1 aliphatic carbocycles. The van der Waals surface area contributed by atoms with Gasteiger partial charge in [-0.15, -0.1) is 0 Å². The van der Waals surface area contributed by atoms with Crippen LogP contribution in [0.4, 0.5) is 0 Å². The summed E-state index contributed by atoms with van der Waals surface area (Å²) in [5.41, 5.74) is 0. The number of carboxylic acids is 1. The maximum atomic E-state index is 12.0. The molecular weight excluding hydrogens is 248 g/mol. The normalized spacial score (nSPS) is 31.5. The smallest absolute Gasteiger partial charge is 0.334 e. The minimum Gasteiger partial charge on any atom is -0.479 e. The molecule has 1 heterocycles. The Kier molecular flexibility index (Phi) is 4.76. The highest BCUT2D eigenvalue weighted by molar-refractivity contribution is 5.83. The number of amides is 1. The van der Waals surface area contributed by atoms with Gasteiger partial charge in [0.2, 0.25) is 5.91 Å². The lowest BCUT2D eigenvalue weighted by Gasteiger charge is -2.24. The number of hydrogen-bond donors (Lipinski definition) is 3. The van der Waals surface area contributed by atoms with Gasteiger partial charge >= 0.3 is 5.97 Å². The summed E-state index contributed by atoms with van der Waals surface area (Å²) < 4.78 is 4.78. The van der Waals surface area contributed by atoms with Gasteiger partial charge in [-0.3, -0.25) is 4.79 Å². The molecule has 0 radical (unpaired) electrons. The second-order valence-electron chi connectivity index (χ2n) is 5.41. The van der Waals surface area contributed by atoms with Gasteiger partial charge in [0.05, 0.1) is 12.6 Å². The zero-order valence-electron chi connectivity index (χ0n) is 11.2. The quantitative estimate of drug-likeness (QED) is 0.660. The molecule has 4 atom stereocenters. The number of carbonyl (C=O) groups excluding carboxylic acids is 1. The molecule has 6 heteroatoms. The van der Waals surface area contributed by atoms with Crippen molar-refractivity contribution in [2.24, 2.45) is 5.92 Å². The third-order valence-electron chi connectivity index (χ3n) is 4.20. The van der Waals surface area contributed by atoms with Gasteiger partial charge in [0, 0.05) is 13.2 Å². The van der Waals surface area contributed by atoms with E-state index in [1.54, 1.807) is 0 Å². The summed E-state index contributed by atoms with van der Waals surface area (Å²) in [5.74, 6) is -0.573. The average Bonchev–Trinajstić information content (AvgIpc) is 2.82. The number of ether oxygens (including phenoxy) is 1. The Morgan fingerprint density at radius 3 is 2.79 bits per heavy atom. The third kappa shape index (κ3) is 3.45. The van der Waals surface area contributed by atoms with Crippen LogP contribution in [0.25, 0.3) is 0 Å². The van der Waals surface area contributed by atoms with E-state index in [2.05, 4.69) is 10.6 Å². The predicted octanol–water partition coefficient (Wildman–Crippen LogP) is 0.123. The number of fused-ring (bicyclic) bond motifs is 1. The van der Waals surface area contributed by atoms with Gasteiger partial charge in [-0.25, -0.2) is 4.79 Å². The van der Waals surface area contributed by atoms with Crippen molar-refractivity contribution < 1.29 is 19.4 Å². The van der Waals surface area contributed by atoms with Crippen molar-refractivity contribution in [3.05, 3.63) is 0 Å². The molecule has 0 bridgehead atoms. The van der Waals surface area contributed by atoms with E-state index in [-0.39, 0.29) is 18.5 Å². The van der Waals surface area contributed by atoms with Gasteiger partial charge in [-0.05, 0) is 25.2 Å². The van der Waals surface area contributed by atoms with Gasteiger partial charge in [0.15, 0.2) is 6.10 Å².